The topological polar surface area (TPSA) is 43.8 Å². The highest BCUT2D eigenvalue weighted by Gasteiger charge is 2.15. The van der Waals surface area contributed by atoms with E-state index >= 15 is 0 Å². The van der Waals surface area contributed by atoms with E-state index in [1.807, 2.05) is 37.5 Å². The summed E-state index contributed by atoms with van der Waals surface area (Å²) in [5.74, 6) is 0. The van der Waals surface area contributed by atoms with Crippen molar-refractivity contribution in [3.05, 3.63) is 52.6 Å². The van der Waals surface area contributed by atoms with Crippen LogP contribution in [0.2, 0.25) is 5.02 Å². The summed E-state index contributed by atoms with van der Waals surface area (Å²) in [6, 6.07) is 7.89. The minimum Gasteiger partial charge on any atom is -0.328 e. The van der Waals surface area contributed by atoms with Gasteiger partial charge in [-0.15, -0.1) is 0 Å². The van der Waals surface area contributed by atoms with Gasteiger partial charge in [0.2, 0.25) is 0 Å². The molecule has 0 spiro atoms. The van der Waals surface area contributed by atoms with Crippen molar-refractivity contribution >= 4 is 11.6 Å². The Morgan fingerprint density at radius 1 is 1.41 bits per heavy atom. The van der Waals surface area contributed by atoms with Gasteiger partial charge in [0.15, 0.2) is 0 Å². The van der Waals surface area contributed by atoms with Crippen LogP contribution in [0.15, 0.2) is 30.6 Å². The molecule has 0 amide bonds. The Balaban J connectivity index is 2.44. The lowest BCUT2D eigenvalue weighted by atomic mass is 10.1. The van der Waals surface area contributed by atoms with Crippen molar-refractivity contribution in [1.82, 2.24) is 9.55 Å². The summed E-state index contributed by atoms with van der Waals surface area (Å²) in [5.41, 5.74) is 9.16. The van der Waals surface area contributed by atoms with E-state index in [0.717, 1.165) is 22.0 Å². The molecule has 90 valence electrons. The molecule has 0 radical (unpaired) electrons. The molecule has 4 heteroatoms. The molecule has 2 N–H and O–H groups in total. The number of hydrogen-bond donors (Lipinski definition) is 1. The van der Waals surface area contributed by atoms with E-state index in [1.165, 1.54) is 0 Å². The highest BCUT2D eigenvalue weighted by Crippen LogP contribution is 2.22. The van der Waals surface area contributed by atoms with Crippen LogP contribution in [0.5, 0.6) is 0 Å². The number of nitrogens with zero attached hydrogens (tertiary/aromatic N) is 2. The third-order valence-electron chi connectivity index (χ3n) is 3.08. The predicted octanol–water partition coefficient (Wildman–Crippen LogP) is 2.70. The van der Waals surface area contributed by atoms with Crippen LogP contribution in [0.4, 0.5) is 0 Å². The van der Waals surface area contributed by atoms with Crippen molar-refractivity contribution in [3.63, 3.8) is 0 Å². The summed E-state index contributed by atoms with van der Waals surface area (Å²) in [4.78, 5) is 4.31. The summed E-state index contributed by atoms with van der Waals surface area (Å²) >= 11 is 6.01. The van der Waals surface area contributed by atoms with E-state index in [4.69, 9.17) is 17.3 Å². The van der Waals surface area contributed by atoms with E-state index in [2.05, 4.69) is 16.5 Å². The Morgan fingerprint density at radius 2 is 2.18 bits per heavy atom. The molecule has 1 aromatic carbocycles. The molecule has 0 aliphatic heterocycles. The van der Waals surface area contributed by atoms with E-state index in [0.29, 0.717) is 6.54 Å². The van der Waals surface area contributed by atoms with Crippen LogP contribution in [0.1, 0.15) is 23.0 Å². The minimum atomic E-state index is 0.0925. The molecule has 0 saturated heterocycles. The average molecular weight is 250 g/mol. The smallest absolute Gasteiger partial charge is 0.0957 e. The van der Waals surface area contributed by atoms with Gasteiger partial charge in [0.25, 0.3) is 0 Å². The molecule has 0 aliphatic carbocycles. The Kier molecular flexibility index (Phi) is 3.50. The second-order valence-corrected chi connectivity index (χ2v) is 4.57. The van der Waals surface area contributed by atoms with Crippen LogP contribution in [0, 0.1) is 13.8 Å². The molecule has 17 heavy (non-hydrogen) atoms. The Labute approximate surface area is 106 Å². The van der Waals surface area contributed by atoms with Crippen molar-refractivity contribution in [3.8, 4) is 0 Å². The van der Waals surface area contributed by atoms with Gasteiger partial charge in [-0.3, -0.25) is 0 Å². The number of aromatic nitrogens is 2. The SMILES string of the molecule is Cc1ncn(C(CN)c2cccc(Cl)c2)c1C. The van der Waals surface area contributed by atoms with Gasteiger partial charge in [-0.05, 0) is 31.5 Å². The molecule has 0 fully saturated rings. The third kappa shape index (κ3) is 2.35. The number of aryl methyl sites for hydroxylation is 1. The van der Waals surface area contributed by atoms with E-state index in [9.17, 15) is 0 Å². The van der Waals surface area contributed by atoms with E-state index in [1.54, 1.807) is 0 Å². The van der Waals surface area contributed by atoms with Gasteiger partial charge in [0, 0.05) is 17.3 Å². The monoisotopic (exact) mass is 249 g/mol. The summed E-state index contributed by atoms with van der Waals surface area (Å²) in [7, 11) is 0. The second kappa shape index (κ2) is 4.90. The summed E-state index contributed by atoms with van der Waals surface area (Å²) in [5, 5.41) is 0.732. The molecular formula is C13H16ClN3. The van der Waals surface area contributed by atoms with Gasteiger partial charge < -0.3 is 10.3 Å². The van der Waals surface area contributed by atoms with Crippen molar-refractivity contribution in [1.29, 1.82) is 0 Å². The number of imidazole rings is 1. The minimum absolute atomic E-state index is 0.0925. The van der Waals surface area contributed by atoms with Crippen molar-refractivity contribution in [2.75, 3.05) is 6.54 Å². The van der Waals surface area contributed by atoms with Crippen LogP contribution in [-0.2, 0) is 0 Å². The van der Waals surface area contributed by atoms with Gasteiger partial charge in [0.1, 0.15) is 0 Å². The van der Waals surface area contributed by atoms with Crippen LogP contribution in [0.25, 0.3) is 0 Å². The first-order valence-electron chi connectivity index (χ1n) is 5.59. The lowest BCUT2D eigenvalue weighted by Crippen LogP contribution is -2.20. The van der Waals surface area contributed by atoms with Crippen molar-refractivity contribution in [2.45, 2.75) is 19.9 Å². The number of halogens is 1. The van der Waals surface area contributed by atoms with Gasteiger partial charge in [-0.1, -0.05) is 23.7 Å². The fourth-order valence-corrected chi connectivity index (χ4v) is 2.15. The van der Waals surface area contributed by atoms with Crippen LogP contribution in [0.3, 0.4) is 0 Å². The number of nitrogens with two attached hydrogens (primary N) is 1. The molecule has 0 aliphatic rings. The molecule has 1 unspecified atom stereocenters. The Morgan fingerprint density at radius 3 is 2.71 bits per heavy atom. The largest absolute Gasteiger partial charge is 0.328 e. The maximum atomic E-state index is 6.01. The van der Waals surface area contributed by atoms with Gasteiger partial charge in [-0.2, -0.15) is 0 Å². The lowest BCUT2D eigenvalue weighted by molar-refractivity contribution is 0.580. The van der Waals surface area contributed by atoms with Crippen LogP contribution < -0.4 is 5.73 Å². The van der Waals surface area contributed by atoms with Crippen molar-refractivity contribution in [2.24, 2.45) is 5.73 Å². The van der Waals surface area contributed by atoms with Gasteiger partial charge in [0.05, 0.1) is 18.1 Å². The fourth-order valence-electron chi connectivity index (χ4n) is 1.95. The molecule has 2 aromatic rings. The summed E-state index contributed by atoms with van der Waals surface area (Å²) < 4.78 is 2.10. The van der Waals surface area contributed by atoms with E-state index < -0.39 is 0 Å². The zero-order valence-electron chi connectivity index (χ0n) is 10.0. The number of hydrogen-bond acceptors (Lipinski definition) is 2. The number of rotatable bonds is 3. The Bertz CT molecular complexity index is 519. The Hall–Kier alpha value is -1.32. The molecule has 3 nitrogen and oxygen atoms in total. The lowest BCUT2D eigenvalue weighted by Gasteiger charge is -2.19. The van der Waals surface area contributed by atoms with Crippen LogP contribution >= 0.6 is 11.6 Å². The third-order valence-corrected chi connectivity index (χ3v) is 3.31. The summed E-state index contributed by atoms with van der Waals surface area (Å²) in [6.07, 6.45) is 1.84. The van der Waals surface area contributed by atoms with Gasteiger partial charge in [-0.25, -0.2) is 4.98 Å². The normalized spacial score (nSPS) is 12.7. The maximum absolute atomic E-state index is 6.01. The first kappa shape index (κ1) is 12.1. The first-order chi connectivity index (χ1) is 8.13. The molecular weight excluding hydrogens is 234 g/mol. The fraction of sp³-hybridized carbons (Fsp3) is 0.308. The molecule has 0 bridgehead atoms. The molecule has 1 atom stereocenters. The van der Waals surface area contributed by atoms with Crippen LogP contribution in [-0.4, -0.2) is 16.1 Å². The average Bonchev–Trinajstić information content (AvgIpc) is 2.63. The highest BCUT2D eigenvalue weighted by molar-refractivity contribution is 6.30. The van der Waals surface area contributed by atoms with Gasteiger partial charge >= 0.3 is 0 Å². The van der Waals surface area contributed by atoms with E-state index in [-0.39, 0.29) is 6.04 Å². The maximum Gasteiger partial charge on any atom is 0.0957 e. The summed E-state index contributed by atoms with van der Waals surface area (Å²) in [6.45, 7) is 4.57. The molecule has 0 saturated carbocycles. The molecule has 1 aromatic heterocycles. The first-order valence-corrected chi connectivity index (χ1v) is 5.97. The highest BCUT2D eigenvalue weighted by atomic mass is 35.5. The zero-order valence-corrected chi connectivity index (χ0v) is 10.8. The molecule has 2 rings (SSSR count). The second-order valence-electron chi connectivity index (χ2n) is 4.13. The quantitative estimate of drug-likeness (QED) is 0.909. The zero-order chi connectivity index (χ0) is 12.4. The predicted molar refractivity (Wildman–Crippen MR) is 70.3 cm³/mol. The standard InChI is InChI=1S/C13H16ClN3/c1-9-10(2)17(8-16-9)13(7-15)11-4-3-5-12(14)6-11/h3-6,8,13H,7,15H2,1-2H3. The number of benzene rings is 1. The molecule has 1 heterocycles. The van der Waals surface area contributed by atoms with Crippen molar-refractivity contribution < 1.29 is 0 Å².